The van der Waals surface area contributed by atoms with E-state index in [4.69, 9.17) is 4.74 Å². The molecule has 3 rings (SSSR count). The first-order valence-corrected chi connectivity index (χ1v) is 8.08. The second-order valence-corrected chi connectivity index (χ2v) is 5.90. The van der Waals surface area contributed by atoms with E-state index >= 15 is 0 Å². The van der Waals surface area contributed by atoms with Crippen LogP contribution in [0.2, 0.25) is 0 Å². The minimum absolute atomic E-state index is 0.00128. The second kappa shape index (κ2) is 7.98. The molecule has 1 aromatic heterocycles. The molecule has 1 amide bonds. The van der Waals surface area contributed by atoms with Crippen molar-refractivity contribution in [2.24, 2.45) is 0 Å². The molecule has 0 aliphatic carbocycles. The van der Waals surface area contributed by atoms with Gasteiger partial charge in [0.1, 0.15) is 12.4 Å². The first-order valence-electron chi connectivity index (χ1n) is 8.08. The van der Waals surface area contributed by atoms with Crippen molar-refractivity contribution in [3.05, 3.63) is 41.7 Å². The number of tetrazole rings is 1. The molecule has 2 heterocycles. The van der Waals surface area contributed by atoms with E-state index in [-0.39, 0.29) is 18.6 Å². The third-order valence-corrected chi connectivity index (χ3v) is 4.00. The lowest BCUT2D eigenvalue weighted by Gasteiger charge is -2.33. The highest BCUT2D eigenvalue weighted by Gasteiger charge is 2.21. The van der Waals surface area contributed by atoms with Gasteiger partial charge in [-0.25, -0.2) is 4.68 Å². The van der Waals surface area contributed by atoms with Crippen LogP contribution >= 0.6 is 0 Å². The van der Waals surface area contributed by atoms with Gasteiger partial charge in [0, 0.05) is 26.2 Å². The maximum absolute atomic E-state index is 12.0. The summed E-state index contributed by atoms with van der Waals surface area (Å²) in [5, 5.41) is 13.9. The molecule has 8 heteroatoms. The first kappa shape index (κ1) is 16.5. The standard InChI is InChI=1S/C16H22N6O2/c1-13-18-19-20-22(13)12-16(23)17-9-15-11-21(7-8-24-15)10-14-5-3-2-4-6-14/h2-6,15H,7-12H2,1H3,(H,17,23). The van der Waals surface area contributed by atoms with E-state index in [1.54, 1.807) is 6.92 Å². The molecule has 0 spiro atoms. The summed E-state index contributed by atoms with van der Waals surface area (Å²) in [5.41, 5.74) is 1.29. The van der Waals surface area contributed by atoms with Gasteiger partial charge in [0.25, 0.3) is 0 Å². The number of amides is 1. The van der Waals surface area contributed by atoms with Gasteiger partial charge >= 0.3 is 0 Å². The van der Waals surface area contributed by atoms with Crippen molar-refractivity contribution in [2.75, 3.05) is 26.2 Å². The van der Waals surface area contributed by atoms with Gasteiger partial charge in [0.2, 0.25) is 5.91 Å². The van der Waals surface area contributed by atoms with Crippen molar-refractivity contribution in [1.82, 2.24) is 30.4 Å². The molecule has 0 saturated carbocycles. The first-order chi connectivity index (χ1) is 11.7. The van der Waals surface area contributed by atoms with Crippen molar-refractivity contribution >= 4 is 5.91 Å². The number of morpholine rings is 1. The highest BCUT2D eigenvalue weighted by Crippen LogP contribution is 2.10. The van der Waals surface area contributed by atoms with E-state index in [1.807, 2.05) is 6.07 Å². The van der Waals surface area contributed by atoms with Crippen LogP contribution in [0.25, 0.3) is 0 Å². The molecule has 1 fully saturated rings. The fourth-order valence-electron chi connectivity index (χ4n) is 2.70. The third kappa shape index (κ3) is 4.59. The summed E-state index contributed by atoms with van der Waals surface area (Å²) in [5.74, 6) is 0.502. The van der Waals surface area contributed by atoms with Crippen molar-refractivity contribution in [1.29, 1.82) is 0 Å². The molecule has 1 N–H and O–H groups in total. The number of aryl methyl sites for hydroxylation is 1. The summed E-state index contributed by atoms with van der Waals surface area (Å²) in [6, 6.07) is 10.4. The Bertz CT molecular complexity index is 660. The number of benzene rings is 1. The normalized spacial score (nSPS) is 18.5. The minimum atomic E-state index is -0.116. The Kier molecular flexibility index (Phi) is 5.50. The fraction of sp³-hybridized carbons (Fsp3) is 0.500. The van der Waals surface area contributed by atoms with Crippen LogP contribution in [0.1, 0.15) is 11.4 Å². The molecular formula is C16H22N6O2. The summed E-state index contributed by atoms with van der Waals surface area (Å²) in [4.78, 5) is 14.3. The number of hydrogen-bond donors (Lipinski definition) is 1. The number of carbonyl (C=O) groups is 1. The molecular weight excluding hydrogens is 308 g/mol. The summed E-state index contributed by atoms with van der Waals surface area (Å²) in [6.07, 6.45) is 0.00128. The maximum atomic E-state index is 12.0. The Morgan fingerprint density at radius 3 is 2.96 bits per heavy atom. The van der Waals surface area contributed by atoms with E-state index in [9.17, 15) is 4.79 Å². The topological polar surface area (TPSA) is 85.2 Å². The summed E-state index contributed by atoms with van der Waals surface area (Å²) in [7, 11) is 0. The van der Waals surface area contributed by atoms with Gasteiger partial charge in [-0.2, -0.15) is 0 Å². The van der Waals surface area contributed by atoms with Crippen LogP contribution in [-0.2, 0) is 22.6 Å². The van der Waals surface area contributed by atoms with Crippen LogP contribution in [0.4, 0.5) is 0 Å². The van der Waals surface area contributed by atoms with Gasteiger partial charge in [-0.05, 0) is 22.9 Å². The van der Waals surface area contributed by atoms with Gasteiger partial charge < -0.3 is 10.1 Å². The van der Waals surface area contributed by atoms with Crippen LogP contribution in [0.3, 0.4) is 0 Å². The molecule has 2 aromatic rings. The number of rotatable bonds is 6. The average molecular weight is 330 g/mol. The van der Waals surface area contributed by atoms with Crippen LogP contribution in [-0.4, -0.2) is 63.4 Å². The monoisotopic (exact) mass is 330 g/mol. The summed E-state index contributed by atoms with van der Waals surface area (Å²) in [6.45, 7) is 5.67. The van der Waals surface area contributed by atoms with Gasteiger partial charge in [-0.1, -0.05) is 30.3 Å². The number of hydrogen-bond acceptors (Lipinski definition) is 6. The van der Waals surface area contributed by atoms with E-state index < -0.39 is 0 Å². The van der Waals surface area contributed by atoms with E-state index in [1.165, 1.54) is 10.2 Å². The van der Waals surface area contributed by atoms with Crippen molar-refractivity contribution in [2.45, 2.75) is 26.1 Å². The quantitative estimate of drug-likeness (QED) is 0.802. The lowest BCUT2D eigenvalue weighted by atomic mass is 10.2. The molecule has 1 saturated heterocycles. The lowest BCUT2D eigenvalue weighted by molar-refractivity contribution is -0.123. The highest BCUT2D eigenvalue weighted by atomic mass is 16.5. The number of aromatic nitrogens is 4. The van der Waals surface area contributed by atoms with Gasteiger partial charge in [-0.3, -0.25) is 9.69 Å². The van der Waals surface area contributed by atoms with E-state index in [2.05, 4.69) is 50.0 Å². The Balaban J connectivity index is 1.43. The van der Waals surface area contributed by atoms with E-state index in [0.717, 1.165) is 19.6 Å². The Morgan fingerprint density at radius 2 is 2.21 bits per heavy atom. The largest absolute Gasteiger partial charge is 0.374 e. The summed E-state index contributed by atoms with van der Waals surface area (Å²) < 4.78 is 7.22. The van der Waals surface area contributed by atoms with Crippen molar-refractivity contribution in [3.8, 4) is 0 Å². The van der Waals surface area contributed by atoms with Crippen molar-refractivity contribution < 1.29 is 9.53 Å². The van der Waals surface area contributed by atoms with Crippen LogP contribution in [0.5, 0.6) is 0 Å². The average Bonchev–Trinajstić information content (AvgIpc) is 2.99. The minimum Gasteiger partial charge on any atom is -0.374 e. The third-order valence-electron chi connectivity index (χ3n) is 4.00. The SMILES string of the molecule is Cc1nnnn1CC(=O)NCC1CN(Cc2ccccc2)CCO1. The van der Waals surface area contributed by atoms with Crippen LogP contribution in [0, 0.1) is 6.92 Å². The van der Waals surface area contributed by atoms with Gasteiger partial charge in [-0.15, -0.1) is 5.10 Å². The predicted molar refractivity (Wildman–Crippen MR) is 87.0 cm³/mol. The Labute approximate surface area is 140 Å². The maximum Gasteiger partial charge on any atom is 0.241 e. The highest BCUT2D eigenvalue weighted by molar-refractivity contribution is 5.75. The molecule has 0 radical (unpaired) electrons. The molecule has 1 atom stereocenters. The summed E-state index contributed by atoms with van der Waals surface area (Å²) >= 11 is 0. The smallest absolute Gasteiger partial charge is 0.241 e. The molecule has 24 heavy (non-hydrogen) atoms. The zero-order valence-electron chi connectivity index (χ0n) is 13.8. The zero-order chi connectivity index (χ0) is 16.8. The molecule has 1 unspecified atom stereocenters. The zero-order valence-corrected chi connectivity index (χ0v) is 13.8. The number of nitrogens with zero attached hydrogens (tertiary/aromatic N) is 5. The number of ether oxygens (including phenoxy) is 1. The molecule has 1 aliphatic heterocycles. The van der Waals surface area contributed by atoms with Crippen molar-refractivity contribution in [3.63, 3.8) is 0 Å². The molecule has 1 aromatic carbocycles. The fourth-order valence-corrected chi connectivity index (χ4v) is 2.70. The molecule has 1 aliphatic rings. The second-order valence-electron chi connectivity index (χ2n) is 5.90. The molecule has 0 bridgehead atoms. The number of carbonyl (C=O) groups excluding carboxylic acids is 1. The lowest BCUT2D eigenvalue weighted by Crippen LogP contribution is -2.47. The van der Waals surface area contributed by atoms with Gasteiger partial charge in [0.05, 0.1) is 12.7 Å². The molecule has 8 nitrogen and oxygen atoms in total. The number of nitrogens with one attached hydrogen (secondary N) is 1. The van der Waals surface area contributed by atoms with Crippen LogP contribution < -0.4 is 5.32 Å². The Morgan fingerprint density at radius 1 is 1.38 bits per heavy atom. The Hall–Kier alpha value is -2.32. The predicted octanol–water partition coefficient (Wildman–Crippen LogP) is -0.00128. The van der Waals surface area contributed by atoms with Crippen LogP contribution in [0.15, 0.2) is 30.3 Å². The van der Waals surface area contributed by atoms with Gasteiger partial charge in [0.15, 0.2) is 0 Å². The van der Waals surface area contributed by atoms with E-state index in [0.29, 0.717) is 19.0 Å². The molecule has 128 valence electrons.